The van der Waals surface area contributed by atoms with Gasteiger partial charge in [-0.05, 0) is 55.2 Å². The zero-order valence-corrected chi connectivity index (χ0v) is 11.9. The maximum Gasteiger partial charge on any atom is 0.252 e. The number of nitrogen functional groups attached to an aromatic ring is 1. The molecule has 0 radical (unpaired) electrons. The summed E-state index contributed by atoms with van der Waals surface area (Å²) in [7, 11) is 0. The maximum absolute atomic E-state index is 12.4. The number of benzene rings is 2. The minimum Gasteiger partial charge on any atom is -0.508 e. The van der Waals surface area contributed by atoms with Crippen LogP contribution in [0.25, 0.3) is 0 Å². The second-order valence-corrected chi connectivity index (χ2v) is 5.47. The number of aryl methyl sites for hydroxylation is 1. The Morgan fingerprint density at radius 3 is 2.95 bits per heavy atom. The van der Waals surface area contributed by atoms with Crippen molar-refractivity contribution in [3.8, 4) is 5.75 Å². The summed E-state index contributed by atoms with van der Waals surface area (Å²) in [6.07, 6.45) is 1.80. The monoisotopic (exact) mass is 282 g/mol. The Balaban J connectivity index is 1.83. The molecule has 0 fully saturated rings. The van der Waals surface area contributed by atoms with Gasteiger partial charge in [-0.15, -0.1) is 0 Å². The van der Waals surface area contributed by atoms with Crippen molar-refractivity contribution in [3.05, 3.63) is 58.7 Å². The molecule has 1 aliphatic rings. The molecule has 0 bridgehead atoms. The lowest BCUT2D eigenvalue weighted by Gasteiger charge is -2.15. The number of carbonyl (C=O) groups is 1. The van der Waals surface area contributed by atoms with Gasteiger partial charge in [0.05, 0.1) is 6.04 Å². The van der Waals surface area contributed by atoms with Gasteiger partial charge in [-0.3, -0.25) is 4.79 Å². The van der Waals surface area contributed by atoms with E-state index in [0.717, 1.165) is 24.1 Å². The van der Waals surface area contributed by atoms with E-state index in [0.29, 0.717) is 11.1 Å². The van der Waals surface area contributed by atoms with Gasteiger partial charge in [0.25, 0.3) is 5.91 Å². The first-order valence-corrected chi connectivity index (χ1v) is 7.04. The van der Waals surface area contributed by atoms with Gasteiger partial charge in [0.2, 0.25) is 0 Å². The summed E-state index contributed by atoms with van der Waals surface area (Å²) in [4.78, 5) is 12.4. The normalized spacial score (nSPS) is 16.5. The molecule has 21 heavy (non-hydrogen) atoms. The Morgan fingerprint density at radius 2 is 2.14 bits per heavy atom. The Kier molecular flexibility index (Phi) is 3.29. The van der Waals surface area contributed by atoms with Crippen molar-refractivity contribution in [2.45, 2.75) is 25.8 Å². The van der Waals surface area contributed by atoms with Crippen molar-refractivity contribution in [2.24, 2.45) is 0 Å². The molecule has 0 spiro atoms. The fourth-order valence-electron chi connectivity index (χ4n) is 2.89. The Morgan fingerprint density at radius 1 is 1.33 bits per heavy atom. The van der Waals surface area contributed by atoms with Crippen molar-refractivity contribution < 1.29 is 9.90 Å². The number of anilines is 1. The number of nitrogens with two attached hydrogens (primary N) is 1. The van der Waals surface area contributed by atoms with Crippen LogP contribution in [0.5, 0.6) is 5.75 Å². The van der Waals surface area contributed by atoms with E-state index in [-0.39, 0.29) is 17.7 Å². The topological polar surface area (TPSA) is 75.3 Å². The fraction of sp³-hybridized carbons (Fsp3) is 0.235. The predicted octanol–water partition coefficient (Wildman–Crippen LogP) is 2.70. The van der Waals surface area contributed by atoms with Crippen molar-refractivity contribution in [2.75, 3.05) is 5.73 Å². The van der Waals surface area contributed by atoms with Crippen LogP contribution in [0, 0.1) is 6.92 Å². The average Bonchev–Trinajstić information content (AvgIpc) is 2.84. The predicted molar refractivity (Wildman–Crippen MR) is 82.2 cm³/mol. The third-order valence-electron chi connectivity index (χ3n) is 4.10. The first-order valence-electron chi connectivity index (χ1n) is 7.04. The summed E-state index contributed by atoms with van der Waals surface area (Å²) in [5, 5.41) is 12.8. The van der Waals surface area contributed by atoms with Crippen LogP contribution in [-0.4, -0.2) is 11.0 Å². The van der Waals surface area contributed by atoms with E-state index in [9.17, 15) is 9.90 Å². The molecule has 4 nitrogen and oxygen atoms in total. The standard InChI is InChI=1S/C17H18N2O2/c1-10-13(3-2-4-16(10)20)17(21)19-15-8-5-11-9-12(18)6-7-14(11)15/h2-4,6-7,9,15,20H,5,8,18H2,1H3,(H,19,21). The average molecular weight is 282 g/mol. The molecule has 2 aromatic rings. The minimum atomic E-state index is -0.155. The number of hydrogen-bond acceptors (Lipinski definition) is 3. The lowest BCUT2D eigenvalue weighted by atomic mass is 10.0. The molecule has 4 heteroatoms. The zero-order valence-electron chi connectivity index (χ0n) is 11.9. The van der Waals surface area contributed by atoms with Gasteiger partial charge < -0.3 is 16.2 Å². The zero-order chi connectivity index (χ0) is 15.0. The van der Waals surface area contributed by atoms with E-state index < -0.39 is 0 Å². The first kappa shape index (κ1) is 13.5. The number of phenolic OH excluding ortho intramolecular Hbond substituents is 1. The molecule has 3 rings (SSSR count). The molecule has 0 heterocycles. The number of hydrogen-bond donors (Lipinski definition) is 3. The largest absolute Gasteiger partial charge is 0.508 e. The third-order valence-corrected chi connectivity index (χ3v) is 4.10. The number of aromatic hydroxyl groups is 1. The molecule has 1 aliphatic carbocycles. The molecule has 1 unspecified atom stereocenters. The number of phenols is 1. The molecular weight excluding hydrogens is 264 g/mol. The van der Waals surface area contributed by atoms with Crippen LogP contribution in [0.3, 0.4) is 0 Å². The highest BCUT2D eigenvalue weighted by atomic mass is 16.3. The Labute approximate surface area is 123 Å². The summed E-state index contributed by atoms with van der Waals surface area (Å²) in [6, 6.07) is 10.8. The van der Waals surface area contributed by atoms with E-state index in [4.69, 9.17) is 5.73 Å². The van der Waals surface area contributed by atoms with Crippen LogP contribution >= 0.6 is 0 Å². The van der Waals surface area contributed by atoms with E-state index in [1.165, 1.54) is 5.56 Å². The second kappa shape index (κ2) is 5.13. The van der Waals surface area contributed by atoms with Crippen molar-refractivity contribution >= 4 is 11.6 Å². The van der Waals surface area contributed by atoms with Gasteiger partial charge in [-0.2, -0.15) is 0 Å². The molecule has 108 valence electrons. The van der Waals surface area contributed by atoms with E-state index in [2.05, 4.69) is 5.32 Å². The molecule has 0 saturated carbocycles. The van der Waals surface area contributed by atoms with E-state index in [1.54, 1.807) is 25.1 Å². The molecule has 0 aliphatic heterocycles. The van der Waals surface area contributed by atoms with Crippen LogP contribution in [-0.2, 0) is 6.42 Å². The van der Waals surface area contributed by atoms with Gasteiger partial charge in [0.1, 0.15) is 5.75 Å². The first-order chi connectivity index (χ1) is 10.1. The highest BCUT2D eigenvalue weighted by Crippen LogP contribution is 2.32. The third kappa shape index (κ3) is 2.44. The number of carbonyl (C=O) groups excluding carboxylic acids is 1. The van der Waals surface area contributed by atoms with Gasteiger partial charge >= 0.3 is 0 Å². The summed E-state index contributed by atoms with van der Waals surface area (Å²) in [6.45, 7) is 1.74. The lowest BCUT2D eigenvalue weighted by Crippen LogP contribution is -2.27. The van der Waals surface area contributed by atoms with Gasteiger partial charge in [0.15, 0.2) is 0 Å². The summed E-state index contributed by atoms with van der Waals surface area (Å²) in [5.41, 5.74) is 10.00. The Bertz CT molecular complexity index is 710. The van der Waals surface area contributed by atoms with Gasteiger partial charge in [0, 0.05) is 16.8 Å². The van der Waals surface area contributed by atoms with Crippen LogP contribution in [0.2, 0.25) is 0 Å². The highest BCUT2D eigenvalue weighted by molar-refractivity contribution is 5.96. The van der Waals surface area contributed by atoms with Crippen molar-refractivity contribution in [1.82, 2.24) is 5.32 Å². The molecule has 4 N–H and O–H groups in total. The number of fused-ring (bicyclic) bond motifs is 1. The van der Waals surface area contributed by atoms with Crippen LogP contribution in [0.15, 0.2) is 36.4 Å². The van der Waals surface area contributed by atoms with Gasteiger partial charge in [-0.25, -0.2) is 0 Å². The maximum atomic E-state index is 12.4. The molecule has 0 saturated heterocycles. The summed E-state index contributed by atoms with van der Waals surface area (Å²) in [5.74, 6) is -0.0136. The van der Waals surface area contributed by atoms with Crippen molar-refractivity contribution in [3.63, 3.8) is 0 Å². The van der Waals surface area contributed by atoms with E-state index >= 15 is 0 Å². The smallest absolute Gasteiger partial charge is 0.252 e. The molecular formula is C17H18N2O2. The molecule has 2 aromatic carbocycles. The number of rotatable bonds is 2. The highest BCUT2D eigenvalue weighted by Gasteiger charge is 2.25. The lowest BCUT2D eigenvalue weighted by molar-refractivity contribution is 0.0935. The molecule has 1 amide bonds. The van der Waals surface area contributed by atoms with Crippen LogP contribution in [0.1, 0.15) is 39.5 Å². The number of amides is 1. The summed E-state index contributed by atoms with van der Waals surface area (Å²) < 4.78 is 0. The SMILES string of the molecule is Cc1c(O)cccc1C(=O)NC1CCc2cc(N)ccc21. The quantitative estimate of drug-likeness (QED) is 0.741. The Hall–Kier alpha value is -2.49. The van der Waals surface area contributed by atoms with Gasteiger partial charge in [-0.1, -0.05) is 12.1 Å². The number of nitrogens with one attached hydrogen (secondary N) is 1. The molecule has 0 aromatic heterocycles. The van der Waals surface area contributed by atoms with Crippen LogP contribution in [0.4, 0.5) is 5.69 Å². The second-order valence-electron chi connectivity index (χ2n) is 5.47. The van der Waals surface area contributed by atoms with Crippen LogP contribution < -0.4 is 11.1 Å². The summed E-state index contributed by atoms with van der Waals surface area (Å²) >= 11 is 0. The van der Waals surface area contributed by atoms with Crippen molar-refractivity contribution in [1.29, 1.82) is 0 Å². The van der Waals surface area contributed by atoms with E-state index in [1.807, 2.05) is 18.2 Å². The fourth-order valence-corrected chi connectivity index (χ4v) is 2.89. The molecule has 1 atom stereocenters. The minimum absolute atomic E-state index is 0.00912.